The van der Waals surface area contributed by atoms with Crippen molar-refractivity contribution < 1.29 is 9.53 Å². The number of nitrogens with zero attached hydrogens (tertiary/aromatic N) is 3. The standard InChI is InChI=1S/C24H33N3O2/c1-5-29-22-11-9-21(10-12-22)17-25(4)24(28)18-26-13-15-27(16-14-26)23-8-6-7-19(2)20(23)3/h6-12H,5,13-18H2,1-4H3. The third-order valence-corrected chi connectivity index (χ3v) is 5.73. The van der Waals surface area contributed by atoms with Gasteiger partial charge in [0.05, 0.1) is 13.2 Å². The number of aryl methyl sites for hydroxylation is 1. The minimum Gasteiger partial charge on any atom is -0.494 e. The van der Waals surface area contributed by atoms with E-state index in [1.807, 2.05) is 43.1 Å². The van der Waals surface area contributed by atoms with Crippen LogP contribution >= 0.6 is 0 Å². The van der Waals surface area contributed by atoms with E-state index in [-0.39, 0.29) is 5.91 Å². The molecule has 1 aliphatic rings. The van der Waals surface area contributed by atoms with Gasteiger partial charge in [0.25, 0.3) is 0 Å². The van der Waals surface area contributed by atoms with Crippen molar-refractivity contribution >= 4 is 11.6 Å². The Balaban J connectivity index is 1.48. The summed E-state index contributed by atoms with van der Waals surface area (Å²) in [4.78, 5) is 19.2. The van der Waals surface area contributed by atoms with Gasteiger partial charge in [-0.2, -0.15) is 0 Å². The minimum absolute atomic E-state index is 0.166. The molecule has 156 valence electrons. The molecule has 0 atom stereocenters. The van der Waals surface area contributed by atoms with Gasteiger partial charge in [-0.15, -0.1) is 0 Å². The summed E-state index contributed by atoms with van der Waals surface area (Å²) < 4.78 is 5.48. The number of amides is 1. The summed E-state index contributed by atoms with van der Waals surface area (Å²) in [6.45, 7) is 11.8. The van der Waals surface area contributed by atoms with Crippen LogP contribution in [0, 0.1) is 13.8 Å². The number of likely N-dealkylation sites (N-methyl/N-ethyl adjacent to an activating group) is 1. The summed E-state index contributed by atoms with van der Waals surface area (Å²) in [6.07, 6.45) is 0. The molecule has 1 heterocycles. The fourth-order valence-electron chi connectivity index (χ4n) is 3.76. The maximum Gasteiger partial charge on any atom is 0.236 e. The second kappa shape index (κ2) is 9.79. The summed E-state index contributed by atoms with van der Waals surface area (Å²) in [6, 6.07) is 14.5. The van der Waals surface area contributed by atoms with E-state index < -0.39 is 0 Å². The lowest BCUT2D eigenvalue weighted by atomic mass is 10.1. The Hall–Kier alpha value is -2.53. The summed E-state index contributed by atoms with van der Waals surface area (Å²) in [5, 5.41) is 0. The SMILES string of the molecule is CCOc1ccc(CN(C)C(=O)CN2CCN(c3cccc(C)c3C)CC2)cc1. The number of rotatable bonds is 7. The van der Waals surface area contributed by atoms with E-state index >= 15 is 0 Å². The fraction of sp³-hybridized carbons (Fsp3) is 0.458. The van der Waals surface area contributed by atoms with E-state index in [4.69, 9.17) is 4.74 Å². The smallest absolute Gasteiger partial charge is 0.236 e. The molecular formula is C24H33N3O2. The summed E-state index contributed by atoms with van der Waals surface area (Å²) >= 11 is 0. The fourth-order valence-corrected chi connectivity index (χ4v) is 3.76. The normalized spacial score (nSPS) is 14.7. The van der Waals surface area contributed by atoms with Crippen LogP contribution in [0.2, 0.25) is 0 Å². The van der Waals surface area contributed by atoms with Gasteiger partial charge in [0, 0.05) is 45.5 Å². The van der Waals surface area contributed by atoms with Gasteiger partial charge in [0.2, 0.25) is 5.91 Å². The van der Waals surface area contributed by atoms with Crippen molar-refractivity contribution in [2.24, 2.45) is 0 Å². The Kier molecular flexibility index (Phi) is 7.15. The highest BCUT2D eigenvalue weighted by Gasteiger charge is 2.21. The monoisotopic (exact) mass is 395 g/mol. The Morgan fingerprint density at radius 3 is 2.38 bits per heavy atom. The molecule has 5 nitrogen and oxygen atoms in total. The quantitative estimate of drug-likeness (QED) is 0.719. The molecule has 29 heavy (non-hydrogen) atoms. The topological polar surface area (TPSA) is 36.0 Å². The number of carbonyl (C=O) groups excluding carboxylic acids is 1. The average molecular weight is 396 g/mol. The molecule has 3 rings (SSSR count). The highest BCUT2D eigenvalue weighted by Crippen LogP contribution is 2.23. The maximum atomic E-state index is 12.7. The van der Waals surface area contributed by atoms with Crippen molar-refractivity contribution in [3.05, 3.63) is 59.2 Å². The highest BCUT2D eigenvalue weighted by molar-refractivity contribution is 5.78. The number of piperazine rings is 1. The van der Waals surface area contributed by atoms with Gasteiger partial charge in [-0.05, 0) is 55.7 Å². The third kappa shape index (κ3) is 5.51. The van der Waals surface area contributed by atoms with Crippen LogP contribution < -0.4 is 9.64 Å². The molecule has 0 spiro atoms. The molecule has 2 aromatic rings. The molecule has 0 bridgehead atoms. The van der Waals surface area contributed by atoms with Crippen LogP contribution in [0.3, 0.4) is 0 Å². The van der Waals surface area contributed by atoms with E-state index in [2.05, 4.69) is 41.8 Å². The summed E-state index contributed by atoms with van der Waals surface area (Å²) in [7, 11) is 1.88. The number of anilines is 1. The van der Waals surface area contributed by atoms with Gasteiger partial charge >= 0.3 is 0 Å². The van der Waals surface area contributed by atoms with E-state index in [1.54, 1.807) is 0 Å². The molecule has 0 saturated carbocycles. The molecular weight excluding hydrogens is 362 g/mol. The third-order valence-electron chi connectivity index (χ3n) is 5.73. The molecule has 1 amide bonds. The predicted octanol–water partition coefficient (Wildman–Crippen LogP) is 3.48. The van der Waals surface area contributed by atoms with Gasteiger partial charge in [-0.1, -0.05) is 24.3 Å². The van der Waals surface area contributed by atoms with Crippen LogP contribution in [0.4, 0.5) is 5.69 Å². The van der Waals surface area contributed by atoms with Gasteiger partial charge < -0.3 is 14.5 Å². The first kappa shape index (κ1) is 21.2. The molecule has 2 aromatic carbocycles. The van der Waals surface area contributed by atoms with Crippen LogP contribution in [0.1, 0.15) is 23.6 Å². The van der Waals surface area contributed by atoms with Crippen molar-refractivity contribution in [2.75, 3.05) is 51.3 Å². The van der Waals surface area contributed by atoms with Gasteiger partial charge in [0.15, 0.2) is 0 Å². The number of hydrogen-bond acceptors (Lipinski definition) is 4. The van der Waals surface area contributed by atoms with Crippen molar-refractivity contribution in [1.82, 2.24) is 9.80 Å². The molecule has 0 radical (unpaired) electrons. The Labute approximate surface area is 174 Å². The molecule has 1 aliphatic heterocycles. The van der Waals surface area contributed by atoms with Crippen molar-refractivity contribution in [3.63, 3.8) is 0 Å². The Morgan fingerprint density at radius 2 is 1.72 bits per heavy atom. The molecule has 1 saturated heterocycles. The van der Waals surface area contributed by atoms with Crippen LogP contribution in [0.15, 0.2) is 42.5 Å². The number of benzene rings is 2. The molecule has 0 N–H and O–H groups in total. The van der Waals surface area contributed by atoms with Crippen LogP contribution in [-0.2, 0) is 11.3 Å². The van der Waals surface area contributed by atoms with E-state index in [0.717, 1.165) is 37.5 Å². The first-order valence-electron chi connectivity index (χ1n) is 10.5. The molecule has 5 heteroatoms. The van der Waals surface area contributed by atoms with Crippen LogP contribution in [0.25, 0.3) is 0 Å². The molecule has 0 aromatic heterocycles. The van der Waals surface area contributed by atoms with Crippen molar-refractivity contribution in [1.29, 1.82) is 0 Å². The Bertz CT molecular complexity index is 811. The lowest BCUT2D eigenvalue weighted by Gasteiger charge is -2.37. The summed E-state index contributed by atoms with van der Waals surface area (Å²) in [5.74, 6) is 1.03. The molecule has 0 unspecified atom stereocenters. The number of carbonyl (C=O) groups is 1. The molecule has 1 fully saturated rings. The first-order valence-corrected chi connectivity index (χ1v) is 10.5. The second-order valence-electron chi connectivity index (χ2n) is 7.81. The Morgan fingerprint density at radius 1 is 1.03 bits per heavy atom. The largest absolute Gasteiger partial charge is 0.494 e. The van der Waals surface area contributed by atoms with E-state index in [1.165, 1.54) is 16.8 Å². The summed E-state index contributed by atoms with van der Waals surface area (Å²) in [5.41, 5.74) is 5.12. The maximum absolute atomic E-state index is 12.7. The van der Waals surface area contributed by atoms with Crippen LogP contribution in [-0.4, -0.2) is 62.1 Å². The average Bonchev–Trinajstić information content (AvgIpc) is 2.72. The van der Waals surface area contributed by atoms with E-state index in [0.29, 0.717) is 19.7 Å². The van der Waals surface area contributed by atoms with Gasteiger partial charge in [0.1, 0.15) is 5.75 Å². The van der Waals surface area contributed by atoms with Crippen LogP contribution in [0.5, 0.6) is 5.75 Å². The first-order chi connectivity index (χ1) is 14.0. The zero-order chi connectivity index (χ0) is 20.8. The lowest BCUT2D eigenvalue weighted by Crippen LogP contribution is -2.49. The van der Waals surface area contributed by atoms with Crippen molar-refractivity contribution in [3.8, 4) is 5.75 Å². The van der Waals surface area contributed by atoms with E-state index in [9.17, 15) is 4.79 Å². The van der Waals surface area contributed by atoms with Gasteiger partial charge in [-0.25, -0.2) is 0 Å². The second-order valence-corrected chi connectivity index (χ2v) is 7.81. The highest BCUT2D eigenvalue weighted by atomic mass is 16.5. The number of hydrogen-bond donors (Lipinski definition) is 0. The zero-order valence-corrected chi connectivity index (χ0v) is 18.1. The van der Waals surface area contributed by atoms with Gasteiger partial charge in [-0.3, -0.25) is 9.69 Å². The molecule has 0 aliphatic carbocycles. The minimum atomic E-state index is 0.166. The van der Waals surface area contributed by atoms with Crippen molar-refractivity contribution in [2.45, 2.75) is 27.3 Å². The number of ether oxygens (including phenoxy) is 1. The zero-order valence-electron chi connectivity index (χ0n) is 18.1. The predicted molar refractivity (Wildman–Crippen MR) is 119 cm³/mol. The lowest BCUT2D eigenvalue weighted by molar-refractivity contribution is -0.131.